The van der Waals surface area contributed by atoms with E-state index in [1.165, 1.54) is 13.8 Å². The summed E-state index contributed by atoms with van der Waals surface area (Å²) in [4.78, 5) is 89.1. The number of carbonyl (C=O) groups is 8. The van der Waals surface area contributed by atoms with Gasteiger partial charge >= 0.3 is 23.5 Å². The highest BCUT2D eigenvalue weighted by molar-refractivity contribution is 6.97. The molecule has 0 atom stereocenters. The Morgan fingerprint density at radius 3 is 0.955 bits per heavy atom. The molecule has 0 saturated carbocycles. The van der Waals surface area contributed by atoms with Crippen LogP contribution in [-0.2, 0) is 47.8 Å². The number of hydrogen-bond donors (Lipinski definition) is 0. The van der Waals surface area contributed by atoms with Crippen molar-refractivity contribution in [1.82, 2.24) is 0 Å². The summed E-state index contributed by atoms with van der Waals surface area (Å²) in [6, 6.07) is 0. The highest BCUT2D eigenvalue weighted by Gasteiger charge is 2.41. The lowest BCUT2D eigenvalue weighted by Crippen LogP contribution is -2.42. The van der Waals surface area contributed by atoms with Crippen LogP contribution in [0.5, 0.6) is 0 Å². The number of ether oxygens (including phenoxy) is 2. The molecule has 0 bridgehead atoms. The predicted octanol–water partition coefficient (Wildman–Crippen LogP) is -2.47. The van der Waals surface area contributed by atoms with Crippen molar-refractivity contribution in [2.24, 2.45) is 0 Å². The van der Waals surface area contributed by atoms with Gasteiger partial charge in [0.05, 0.1) is 13.2 Å². The van der Waals surface area contributed by atoms with Crippen molar-refractivity contribution in [3.63, 3.8) is 0 Å². The van der Waals surface area contributed by atoms with E-state index in [4.69, 9.17) is 0 Å². The number of carbonyl (C=O) groups excluding carboxylic acids is 8. The first-order valence-corrected chi connectivity index (χ1v) is 5.78. The van der Waals surface area contributed by atoms with Crippen LogP contribution >= 0.6 is 0 Å². The van der Waals surface area contributed by atoms with Crippen molar-refractivity contribution in [2.75, 3.05) is 13.2 Å². The summed E-state index contributed by atoms with van der Waals surface area (Å²) in [5.74, 6) is -16.1. The topological polar surface area (TPSA) is 155 Å². The standard InChI is InChI=1S/C12H10O10/c1-3-21-11(19)9(17)7(15)5(13)6(14)8(16)10(18)12(20)22-4-2/h3-4H2,1-2H3. The summed E-state index contributed by atoms with van der Waals surface area (Å²) in [5.41, 5.74) is 0. The summed E-state index contributed by atoms with van der Waals surface area (Å²) < 4.78 is 8.27. The lowest BCUT2D eigenvalue weighted by molar-refractivity contribution is -0.161. The Bertz CT molecular complexity index is 531. The summed E-state index contributed by atoms with van der Waals surface area (Å²) in [7, 11) is 0. The van der Waals surface area contributed by atoms with Gasteiger partial charge < -0.3 is 9.47 Å². The van der Waals surface area contributed by atoms with Gasteiger partial charge in [0.1, 0.15) is 0 Å². The Balaban J connectivity index is 5.03. The molecule has 22 heavy (non-hydrogen) atoms. The minimum Gasteiger partial charge on any atom is -0.460 e. The molecule has 10 heteroatoms. The van der Waals surface area contributed by atoms with E-state index >= 15 is 0 Å². The molecule has 0 amide bonds. The smallest absolute Gasteiger partial charge is 0.383 e. The third-order valence-corrected chi connectivity index (χ3v) is 1.95. The maximum atomic E-state index is 11.3. The zero-order chi connectivity index (χ0) is 17.4. The highest BCUT2D eigenvalue weighted by Crippen LogP contribution is 1.93. The van der Waals surface area contributed by atoms with Gasteiger partial charge in [-0.05, 0) is 13.8 Å². The summed E-state index contributed by atoms with van der Waals surface area (Å²) in [6.07, 6.45) is 0. The van der Waals surface area contributed by atoms with Gasteiger partial charge in [0.25, 0.3) is 23.1 Å². The maximum Gasteiger partial charge on any atom is 0.383 e. The van der Waals surface area contributed by atoms with Gasteiger partial charge in [-0.1, -0.05) is 0 Å². The molecule has 0 aromatic carbocycles. The van der Waals surface area contributed by atoms with E-state index in [9.17, 15) is 38.4 Å². The zero-order valence-electron chi connectivity index (χ0n) is 11.5. The van der Waals surface area contributed by atoms with E-state index in [2.05, 4.69) is 9.47 Å². The molecule has 118 valence electrons. The van der Waals surface area contributed by atoms with E-state index in [0.29, 0.717) is 0 Å². The van der Waals surface area contributed by atoms with Crippen LogP contribution in [-0.4, -0.2) is 59.9 Å². The fourth-order valence-electron chi connectivity index (χ4n) is 0.991. The van der Waals surface area contributed by atoms with Crippen LogP contribution in [0.1, 0.15) is 13.8 Å². The number of ketones is 6. The second-order valence-electron chi connectivity index (χ2n) is 3.42. The molecule has 0 heterocycles. The number of esters is 2. The molecule has 0 rings (SSSR count). The predicted molar refractivity (Wildman–Crippen MR) is 63.3 cm³/mol. The molecule has 0 fully saturated rings. The monoisotopic (exact) mass is 314 g/mol. The Kier molecular flexibility index (Phi) is 7.15. The summed E-state index contributed by atoms with van der Waals surface area (Å²) in [5, 5.41) is 0. The van der Waals surface area contributed by atoms with E-state index in [1.807, 2.05) is 0 Å². The van der Waals surface area contributed by atoms with Crippen molar-refractivity contribution in [3.05, 3.63) is 0 Å². The highest BCUT2D eigenvalue weighted by atomic mass is 16.5. The lowest BCUT2D eigenvalue weighted by Gasteiger charge is -2.00. The van der Waals surface area contributed by atoms with Crippen molar-refractivity contribution < 1.29 is 47.8 Å². The molecule has 0 spiro atoms. The van der Waals surface area contributed by atoms with Crippen LogP contribution in [0.4, 0.5) is 0 Å². The third kappa shape index (κ3) is 4.51. The van der Waals surface area contributed by atoms with Gasteiger partial charge in [-0.3, -0.25) is 28.8 Å². The Morgan fingerprint density at radius 1 is 0.500 bits per heavy atom. The van der Waals surface area contributed by atoms with Crippen molar-refractivity contribution in [1.29, 1.82) is 0 Å². The lowest BCUT2D eigenvalue weighted by atomic mass is 10.0. The fourth-order valence-corrected chi connectivity index (χ4v) is 0.991. The average molecular weight is 314 g/mol. The molecular weight excluding hydrogens is 304 g/mol. The molecule has 0 aliphatic heterocycles. The molecule has 0 aromatic heterocycles. The Hall–Kier alpha value is -3.04. The van der Waals surface area contributed by atoms with Gasteiger partial charge in [0, 0.05) is 0 Å². The average Bonchev–Trinajstić information content (AvgIpc) is 2.50. The van der Waals surface area contributed by atoms with Crippen molar-refractivity contribution in [2.45, 2.75) is 13.8 Å². The zero-order valence-corrected chi connectivity index (χ0v) is 11.5. The van der Waals surface area contributed by atoms with Gasteiger partial charge in [-0.25, -0.2) is 9.59 Å². The van der Waals surface area contributed by atoms with Crippen LogP contribution in [0.2, 0.25) is 0 Å². The van der Waals surface area contributed by atoms with Crippen LogP contribution in [0.15, 0.2) is 0 Å². The van der Waals surface area contributed by atoms with Gasteiger partial charge in [0.15, 0.2) is 0 Å². The molecule has 0 unspecified atom stereocenters. The first kappa shape index (κ1) is 19.0. The molecule has 0 saturated heterocycles. The third-order valence-electron chi connectivity index (χ3n) is 1.95. The van der Waals surface area contributed by atoms with Gasteiger partial charge in [-0.2, -0.15) is 0 Å². The molecule has 0 aromatic rings. The van der Waals surface area contributed by atoms with Crippen LogP contribution in [0.25, 0.3) is 0 Å². The molecule has 0 aliphatic rings. The largest absolute Gasteiger partial charge is 0.460 e. The second kappa shape index (κ2) is 8.29. The molecule has 0 aliphatic carbocycles. The van der Waals surface area contributed by atoms with Crippen LogP contribution in [0, 0.1) is 0 Å². The Labute approximate surface area is 122 Å². The van der Waals surface area contributed by atoms with Crippen LogP contribution < -0.4 is 0 Å². The van der Waals surface area contributed by atoms with E-state index in [1.54, 1.807) is 0 Å². The molecule has 0 radical (unpaired) electrons. The SMILES string of the molecule is CCOC(=O)C(=O)C(=O)C(=O)C(=O)C(=O)C(=O)C(=O)OCC. The van der Waals surface area contributed by atoms with E-state index < -0.39 is 46.6 Å². The summed E-state index contributed by atoms with van der Waals surface area (Å²) >= 11 is 0. The number of rotatable bonds is 9. The normalized spacial score (nSPS) is 9.36. The van der Waals surface area contributed by atoms with Crippen molar-refractivity contribution in [3.8, 4) is 0 Å². The Morgan fingerprint density at radius 2 is 0.727 bits per heavy atom. The molecule has 10 nitrogen and oxygen atoms in total. The molecule has 0 N–H and O–H groups in total. The first-order valence-electron chi connectivity index (χ1n) is 5.78. The second-order valence-corrected chi connectivity index (χ2v) is 3.42. The van der Waals surface area contributed by atoms with Gasteiger partial charge in [0.2, 0.25) is 0 Å². The van der Waals surface area contributed by atoms with Crippen molar-refractivity contribution >= 4 is 46.6 Å². The van der Waals surface area contributed by atoms with Crippen LogP contribution in [0.3, 0.4) is 0 Å². The maximum absolute atomic E-state index is 11.3. The van der Waals surface area contributed by atoms with E-state index in [-0.39, 0.29) is 13.2 Å². The van der Waals surface area contributed by atoms with E-state index in [0.717, 1.165) is 0 Å². The van der Waals surface area contributed by atoms with Gasteiger partial charge in [-0.15, -0.1) is 0 Å². The quantitative estimate of drug-likeness (QED) is 0.254. The molecular formula is C12H10O10. The minimum absolute atomic E-state index is 0.278. The number of hydrogen-bond acceptors (Lipinski definition) is 10. The first-order chi connectivity index (χ1) is 10.2. The fraction of sp³-hybridized carbons (Fsp3) is 0.333. The minimum atomic E-state index is -2.22. The summed E-state index contributed by atoms with van der Waals surface area (Å²) in [6.45, 7) is 2.06. The number of Topliss-reactive ketones (excluding diaryl/α,β-unsaturated/α-hetero) is 6.